The summed E-state index contributed by atoms with van der Waals surface area (Å²) in [6, 6.07) is 0.327. The van der Waals surface area contributed by atoms with Gasteiger partial charge in [-0.05, 0) is 19.8 Å². The van der Waals surface area contributed by atoms with Crippen LogP contribution in [0.15, 0.2) is 12.4 Å². The standard InChI is InChI=1S/C9H15N3O/c1-7(8-3-2-6-13-8)12-9-10-4-5-11-9/h4-5,7-8H,2-3,6H2,1H3,(H2,10,11,12). The number of imidazole rings is 1. The molecule has 0 spiro atoms. The maximum absolute atomic E-state index is 5.56. The Morgan fingerprint density at radius 2 is 2.69 bits per heavy atom. The third-order valence-electron chi connectivity index (χ3n) is 2.39. The first-order valence-electron chi connectivity index (χ1n) is 4.74. The van der Waals surface area contributed by atoms with Crippen LogP contribution in [0, 0.1) is 0 Å². The average molecular weight is 181 g/mol. The highest BCUT2D eigenvalue weighted by Gasteiger charge is 2.22. The van der Waals surface area contributed by atoms with E-state index in [1.165, 1.54) is 6.42 Å². The number of nitrogens with zero attached hydrogens (tertiary/aromatic N) is 1. The van der Waals surface area contributed by atoms with E-state index in [-0.39, 0.29) is 0 Å². The van der Waals surface area contributed by atoms with Gasteiger partial charge >= 0.3 is 0 Å². The number of H-pyrrole nitrogens is 1. The zero-order valence-corrected chi connectivity index (χ0v) is 7.79. The SMILES string of the molecule is CC(Nc1ncc[nH]1)C1CCCO1. The molecule has 13 heavy (non-hydrogen) atoms. The molecule has 0 aromatic carbocycles. The summed E-state index contributed by atoms with van der Waals surface area (Å²) in [5.41, 5.74) is 0. The lowest BCUT2D eigenvalue weighted by Crippen LogP contribution is -2.30. The Morgan fingerprint density at radius 1 is 1.77 bits per heavy atom. The topological polar surface area (TPSA) is 49.9 Å². The van der Waals surface area contributed by atoms with Crippen molar-refractivity contribution >= 4 is 5.95 Å². The molecule has 4 nitrogen and oxygen atoms in total. The van der Waals surface area contributed by atoms with E-state index < -0.39 is 0 Å². The molecular weight excluding hydrogens is 166 g/mol. The Kier molecular flexibility index (Phi) is 2.49. The first-order valence-corrected chi connectivity index (χ1v) is 4.74. The van der Waals surface area contributed by atoms with Gasteiger partial charge in [-0.3, -0.25) is 0 Å². The van der Waals surface area contributed by atoms with Crippen molar-refractivity contribution in [2.75, 3.05) is 11.9 Å². The van der Waals surface area contributed by atoms with Crippen LogP contribution >= 0.6 is 0 Å². The van der Waals surface area contributed by atoms with Crippen LogP contribution in [0.3, 0.4) is 0 Å². The molecule has 2 unspecified atom stereocenters. The molecule has 4 heteroatoms. The van der Waals surface area contributed by atoms with Crippen LogP contribution in [0.2, 0.25) is 0 Å². The van der Waals surface area contributed by atoms with Crippen LogP contribution in [0.1, 0.15) is 19.8 Å². The number of hydrogen-bond donors (Lipinski definition) is 2. The number of rotatable bonds is 3. The lowest BCUT2D eigenvalue weighted by molar-refractivity contribution is 0.0995. The van der Waals surface area contributed by atoms with Crippen LogP contribution < -0.4 is 5.32 Å². The highest BCUT2D eigenvalue weighted by Crippen LogP contribution is 2.17. The van der Waals surface area contributed by atoms with Gasteiger partial charge in [0.05, 0.1) is 12.1 Å². The predicted molar refractivity (Wildman–Crippen MR) is 50.6 cm³/mol. The lowest BCUT2D eigenvalue weighted by Gasteiger charge is -2.19. The maximum atomic E-state index is 5.56. The van der Waals surface area contributed by atoms with Crippen molar-refractivity contribution in [2.45, 2.75) is 31.9 Å². The molecule has 1 aromatic heterocycles. The molecule has 1 saturated heterocycles. The molecule has 0 radical (unpaired) electrons. The first-order chi connectivity index (χ1) is 6.36. The van der Waals surface area contributed by atoms with Crippen molar-refractivity contribution in [3.05, 3.63) is 12.4 Å². The van der Waals surface area contributed by atoms with Gasteiger partial charge in [0.2, 0.25) is 0 Å². The minimum absolute atomic E-state index is 0.327. The average Bonchev–Trinajstić information content (AvgIpc) is 2.74. The van der Waals surface area contributed by atoms with Crippen molar-refractivity contribution in [1.29, 1.82) is 0 Å². The van der Waals surface area contributed by atoms with Crippen LogP contribution in [0.4, 0.5) is 5.95 Å². The van der Waals surface area contributed by atoms with E-state index in [0.29, 0.717) is 12.1 Å². The third kappa shape index (κ3) is 2.01. The van der Waals surface area contributed by atoms with Crippen molar-refractivity contribution < 1.29 is 4.74 Å². The van der Waals surface area contributed by atoms with Gasteiger partial charge < -0.3 is 15.0 Å². The summed E-state index contributed by atoms with van der Waals surface area (Å²) >= 11 is 0. The zero-order chi connectivity index (χ0) is 9.10. The van der Waals surface area contributed by atoms with Crippen molar-refractivity contribution in [2.24, 2.45) is 0 Å². The van der Waals surface area contributed by atoms with Gasteiger partial charge in [-0.25, -0.2) is 4.98 Å². The van der Waals surface area contributed by atoms with E-state index >= 15 is 0 Å². The fourth-order valence-electron chi connectivity index (χ4n) is 1.65. The molecular formula is C9H15N3O. The molecule has 1 aliphatic rings. The summed E-state index contributed by atoms with van der Waals surface area (Å²) < 4.78 is 5.56. The second-order valence-corrected chi connectivity index (χ2v) is 3.42. The van der Waals surface area contributed by atoms with Gasteiger partial charge in [-0.1, -0.05) is 0 Å². The Hall–Kier alpha value is -1.03. The van der Waals surface area contributed by atoms with E-state index in [1.807, 2.05) is 6.20 Å². The van der Waals surface area contributed by atoms with Crippen LogP contribution in [-0.4, -0.2) is 28.7 Å². The summed E-state index contributed by atoms with van der Waals surface area (Å²) in [4.78, 5) is 7.12. The van der Waals surface area contributed by atoms with Crippen molar-refractivity contribution in [3.8, 4) is 0 Å². The summed E-state index contributed by atoms with van der Waals surface area (Å²) in [7, 11) is 0. The van der Waals surface area contributed by atoms with Gasteiger partial charge in [0.25, 0.3) is 0 Å². The van der Waals surface area contributed by atoms with E-state index in [2.05, 4.69) is 22.2 Å². The molecule has 0 bridgehead atoms. The quantitative estimate of drug-likeness (QED) is 0.740. The Morgan fingerprint density at radius 3 is 3.31 bits per heavy atom. The Labute approximate surface area is 77.7 Å². The molecule has 0 saturated carbocycles. The van der Waals surface area contributed by atoms with Gasteiger partial charge in [-0.2, -0.15) is 0 Å². The highest BCUT2D eigenvalue weighted by molar-refractivity contribution is 5.25. The summed E-state index contributed by atoms with van der Waals surface area (Å²) in [5.74, 6) is 0.822. The fraction of sp³-hybridized carbons (Fsp3) is 0.667. The highest BCUT2D eigenvalue weighted by atomic mass is 16.5. The summed E-state index contributed by atoms with van der Waals surface area (Å²) in [5, 5.41) is 3.27. The minimum atomic E-state index is 0.327. The van der Waals surface area contributed by atoms with Gasteiger partial charge in [-0.15, -0.1) is 0 Å². The minimum Gasteiger partial charge on any atom is -0.376 e. The van der Waals surface area contributed by atoms with E-state index in [9.17, 15) is 0 Å². The molecule has 1 aliphatic heterocycles. The third-order valence-corrected chi connectivity index (χ3v) is 2.39. The molecule has 2 N–H and O–H groups in total. The number of hydrogen-bond acceptors (Lipinski definition) is 3. The Balaban J connectivity index is 1.87. The second kappa shape index (κ2) is 3.79. The molecule has 2 atom stereocenters. The largest absolute Gasteiger partial charge is 0.376 e. The zero-order valence-electron chi connectivity index (χ0n) is 7.79. The van der Waals surface area contributed by atoms with E-state index in [0.717, 1.165) is 19.0 Å². The smallest absolute Gasteiger partial charge is 0.200 e. The maximum Gasteiger partial charge on any atom is 0.200 e. The van der Waals surface area contributed by atoms with E-state index in [1.54, 1.807) is 6.20 Å². The van der Waals surface area contributed by atoms with Crippen molar-refractivity contribution in [1.82, 2.24) is 9.97 Å². The predicted octanol–water partition coefficient (Wildman–Crippen LogP) is 1.39. The molecule has 2 heterocycles. The van der Waals surface area contributed by atoms with Gasteiger partial charge in [0, 0.05) is 19.0 Å². The normalized spacial score (nSPS) is 24.5. The summed E-state index contributed by atoms with van der Waals surface area (Å²) in [6.45, 7) is 3.02. The number of nitrogens with one attached hydrogen (secondary N) is 2. The Bertz CT molecular complexity index is 241. The fourth-order valence-corrected chi connectivity index (χ4v) is 1.65. The molecule has 1 fully saturated rings. The van der Waals surface area contributed by atoms with E-state index in [4.69, 9.17) is 4.74 Å². The molecule has 1 aromatic rings. The molecule has 72 valence electrons. The second-order valence-electron chi connectivity index (χ2n) is 3.42. The van der Waals surface area contributed by atoms with Crippen molar-refractivity contribution in [3.63, 3.8) is 0 Å². The van der Waals surface area contributed by atoms with Gasteiger partial charge in [0.1, 0.15) is 0 Å². The monoisotopic (exact) mass is 181 g/mol. The lowest BCUT2D eigenvalue weighted by atomic mass is 10.1. The molecule has 2 rings (SSSR count). The molecule has 0 amide bonds. The number of aromatic nitrogens is 2. The van der Waals surface area contributed by atoms with Gasteiger partial charge in [0.15, 0.2) is 5.95 Å². The van der Waals surface area contributed by atoms with Crippen LogP contribution in [0.25, 0.3) is 0 Å². The molecule has 0 aliphatic carbocycles. The number of ether oxygens (including phenoxy) is 1. The summed E-state index contributed by atoms with van der Waals surface area (Å²) in [6.07, 6.45) is 6.21. The number of anilines is 1. The van der Waals surface area contributed by atoms with Crippen LogP contribution in [0.5, 0.6) is 0 Å². The van der Waals surface area contributed by atoms with Crippen LogP contribution in [-0.2, 0) is 4.74 Å². The first kappa shape index (κ1) is 8.56. The number of aromatic amines is 1.